The molecular weight excluding hydrogens is 310 g/mol. The summed E-state index contributed by atoms with van der Waals surface area (Å²) in [7, 11) is 0. The molecule has 24 heavy (non-hydrogen) atoms. The van der Waals surface area contributed by atoms with E-state index in [0.717, 1.165) is 10.5 Å². The molecule has 0 saturated carbocycles. The minimum atomic E-state index is -1.06. The molecule has 0 spiro atoms. The van der Waals surface area contributed by atoms with Crippen LogP contribution in [0.25, 0.3) is 0 Å². The van der Waals surface area contributed by atoms with Gasteiger partial charge in [0.25, 0.3) is 0 Å². The molecule has 2 rings (SSSR count). The van der Waals surface area contributed by atoms with Gasteiger partial charge in [-0.05, 0) is 32.8 Å². The molecule has 0 radical (unpaired) electrons. The fraction of sp³-hybridized carbons (Fsp3) is 0.556. The predicted octanol–water partition coefficient (Wildman–Crippen LogP) is 2.69. The molecular formula is C18H25NO5. The molecule has 1 aliphatic heterocycles. The van der Waals surface area contributed by atoms with Crippen molar-refractivity contribution in [3.8, 4) is 0 Å². The summed E-state index contributed by atoms with van der Waals surface area (Å²) in [5.41, 5.74) is 0.155. The first-order valence-electron chi connectivity index (χ1n) is 8.09. The van der Waals surface area contributed by atoms with E-state index in [1.807, 2.05) is 30.3 Å². The van der Waals surface area contributed by atoms with E-state index in [4.69, 9.17) is 9.47 Å². The van der Waals surface area contributed by atoms with Crippen LogP contribution < -0.4 is 0 Å². The molecule has 1 saturated heterocycles. The minimum Gasteiger partial charge on any atom is -0.459 e. The topological polar surface area (TPSA) is 76.1 Å². The summed E-state index contributed by atoms with van der Waals surface area (Å²) in [5.74, 6) is -0.764. The highest BCUT2D eigenvalue weighted by molar-refractivity contribution is 5.82. The van der Waals surface area contributed by atoms with Gasteiger partial charge in [-0.1, -0.05) is 37.3 Å². The van der Waals surface area contributed by atoms with Crippen LogP contribution in [-0.2, 0) is 20.9 Å². The molecule has 3 atom stereocenters. The fourth-order valence-corrected chi connectivity index (χ4v) is 2.63. The second-order valence-corrected chi connectivity index (χ2v) is 7.12. The lowest BCUT2D eigenvalue weighted by Crippen LogP contribution is -2.48. The Hall–Kier alpha value is -2.08. The smallest absolute Gasteiger partial charge is 0.413 e. The Labute approximate surface area is 142 Å². The Bertz CT molecular complexity index is 581. The van der Waals surface area contributed by atoms with E-state index < -0.39 is 29.9 Å². The molecule has 1 heterocycles. The van der Waals surface area contributed by atoms with Gasteiger partial charge in [-0.3, -0.25) is 4.90 Å². The number of rotatable bonds is 3. The van der Waals surface area contributed by atoms with Crippen molar-refractivity contribution in [1.82, 2.24) is 4.90 Å². The summed E-state index contributed by atoms with van der Waals surface area (Å²) in [4.78, 5) is 25.8. The predicted molar refractivity (Wildman–Crippen MR) is 87.9 cm³/mol. The van der Waals surface area contributed by atoms with Crippen molar-refractivity contribution in [2.75, 3.05) is 0 Å². The van der Waals surface area contributed by atoms with E-state index in [0.29, 0.717) is 6.42 Å². The number of carbonyl (C=O) groups excluding carboxylic acids is 2. The molecule has 6 nitrogen and oxygen atoms in total. The van der Waals surface area contributed by atoms with E-state index in [9.17, 15) is 14.7 Å². The van der Waals surface area contributed by atoms with Gasteiger partial charge < -0.3 is 14.6 Å². The summed E-state index contributed by atoms with van der Waals surface area (Å²) in [5, 5.41) is 10.2. The third-order valence-corrected chi connectivity index (χ3v) is 3.83. The van der Waals surface area contributed by atoms with E-state index in [1.165, 1.54) is 0 Å². The average molecular weight is 335 g/mol. The first kappa shape index (κ1) is 18.3. The van der Waals surface area contributed by atoms with Crippen molar-refractivity contribution in [2.45, 2.75) is 58.6 Å². The number of aliphatic hydroxyl groups excluding tert-OH is 1. The summed E-state index contributed by atoms with van der Waals surface area (Å²) < 4.78 is 10.6. The van der Waals surface area contributed by atoms with E-state index in [-0.39, 0.29) is 12.5 Å². The summed E-state index contributed by atoms with van der Waals surface area (Å²) in [6.07, 6.45) is -1.43. The quantitative estimate of drug-likeness (QED) is 0.860. The van der Waals surface area contributed by atoms with Gasteiger partial charge in [-0.2, -0.15) is 0 Å². The molecule has 1 unspecified atom stereocenters. The van der Waals surface area contributed by atoms with Crippen molar-refractivity contribution >= 4 is 12.1 Å². The van der Waals surface area contributed by atoms with Crippen LogP contribution >= 0.6 is 0 Å². The zero-order chi connectivity index (χ0) is 17.9. The Morgan fingerprint density at radius 3 is 2.46 bits per heavy atom. The van der Waals surface area contributed by atoms with Crippen LogP contribution in [-0.4, -0.2) is 39.9 Å². The Kier molecular flexibility index (Phi) is 5.49. The molecule has 1 N–H and O–H groups in total. The maximum absolute atomic E-state index is 12.4. The van der Waals surface area contributed by atoms with Crippen LogP contribution in [0.5, 0.6) is 0 Å². The van der Waals surface area contributed by atoms with Gasteiger partial charge >= 0.3 is 12.1 Å². The number of carbonyl (C=O) groups is 2. The standard InChI is InChI=1S/C18H25NO5/c1-12-10-14(16(21)23-11-13-8-6-5-7-9-13)19(15(12)20)17(22)24-18(2,3)4/h5-9,12,14-15,20H,10-11H2,1-4H3/t12-,14+,15?/m1/s1. The van der Waals surface area contributed by atoms with Crippen molar-refractivity contribution in [3.05, 3.63) is 35.9 Å². The molecule has 1 aromatic carbocycles. The number of hydrogen-bond acceptors (Lipinski definition) is 5. The van der Waals surface area contributed by atoms with Gasteiger partial charge in [-0.15, -0.1) is 0 Å². The van der Waals surface area contributed by atoms with Crippen LogP contribution in [0.3, 0.4) is 0 Å². The van der Waals surface area contributed by atoms with Gasteiger partial charge in [0, 0.05) is 5.92 Å². The molecule has 1 aliphatic rings. The van der Waals surface area contributed by atoms with E-state index in [2.05, 4.69) is 0 Å². The zero-order valence-electron chi connectivity index (χ0n) is 14.6. The number of benzene rings is 1. The number of amides is 1. The lowest BCUT2D eigenvalue weighted by molar-refractivity contribution is -0.152. The van der Waals surface area contributed by atoms with Crippen LogP contribution in [0.1, 0.15) is 39.7 Å². The van der Waals surface area contributed by atoms with Crippen molar-refractivity contribution in [3.63, 3.8) is 0 Å². The Balaban J connectivity index is 2.05. The van der Waals surface area contributed by atoms with Gasteiger partial charge in [0.1, 0.15) is 24.5 Å². The lowest BCUT2D eigenvalue weighted by Gasteiger charge is -2.29. The second kappa shape index (κ2) is 7.21. The average Bonchev–Trinajstić information content (AvgIpc) is 2.80. The number of esters is 1. The molecule has 0 aliphatic carbocycles. The molecule has 0 bridgehead atoms. The van der Waals surface area contributed by atoms with Crippen molar-refractivity contribution in [1.29, 1.82) is 0 Å². The lowest BCUT2D eigenvalue weighted by atomic mass is 10.1. The maximum Gasteiger partial charge on any atom is 0.413 e. The van der Waals surface area contributed by atoms with E-state index >= 15 is 0 Å². The molecule has 1 fully saturated rings. The molecule has 6 heteroatoms. The number of hydrogen-bond donors (Lipinski definition) is 1. The summed E-state index contributed by atoms with van der Waals surface area (Å²) in [6, 6.07) is 8.46. The van der Waals surface area contributed by atoms with Crippen LogP contribution in [0.15, 0.2) is 30.3 Å². The third kappa shape index (κ3) is 4.47. The first-order valence-corrected chi connectivity index (χ1v) is 8.09. The molecule has 132 valence electrons. The Morgan fingerprint density at radius 2 is 1.88 bits per heavy atom. The van der Waals surface area contributed by atoms with E-state index in [1.54, 1.807) is 27.7 Å². The summed E-state index contributed by atoms with van der Waals surface area (Å²) in [6.45, 7) is 7.12. The van der Waals surface area contributed by atoms with Gasteiger partial charge in [0.2, 0.25) is 0 Å². The number of nitrogens with zero attached hydrogens (tertiary/aromatic N) is 1. The van der Waals surface area contributed by atoms with Crippen molar-refractivity contribution < 1.29 is 24.2 Å². The normalized spacial score (nSPS) is 23.9. The zero-order valence-corrected chi connectivity index (χ0v) is 14.6. The summed E-state index contributed by atoms with van der Waals surface area (Å²) >= 11 is 0. The minimum absolute atomic E-state index is 0.128. The molecule has 1 aromatic rings. The third-order valence-electron chi connectivity index (χ3n) is 3.83. The van der Waals surface area contributed by atoms with Gasteiger partial charge in [-0.25, -0.2) is 9.59 Å². The van der Waals surface area contributed by atoms with Crippen LogP contribution in [0, 0.1) is 5.92 Å². The van der Waals surface area contributed by atoms with Crippen LogP contribution in [0.4, 0.5) is 4.79 Å². The SMILES string of the molecule is C[C@@H]1C[C@@H](C(=O)OCc2ccccc2)N(C(=O)OC(C)(C)C)C1O. The number of aliphatic hydroxyl groups is 1. The maximum atomic E-state index is 12.4. The van der Waals surface area contributed by atoms with Gasteiger partial charge in [0.15, 0.2) is 0 Å². The van der Waals surface area contributed by atoms with Gasteiger partial charge in [0.05, 0.1) is 0 Å². The highest BCUT2D eigenvalue weighted by Gasteiger charge is 2.46. The molecule has 1 amide bonds. The Morgan fingerprint density at radius 1 is 1.25 bits per heavy atom. The second-order valence-electron chi connectivity index (χ2n) is 7.12. The fourth-order valence-electron chi connectivity index (χ4n) is 2.63. The highest BCUT2D eigenvalue weighted by Crippen LogP contribution is 2.30. The highest BCUT2D eigenvalue weighted by atomic mass is 16.6. The largest absolute Gasteiger partial charge is 0.459 e. The number of ether oxygens (including phenoxy) is 2. The first-order chi connectivity index (χ1) is 11.2. The molecule has 0 aromatic heterocycles. The monoisotopic (exact) mass is 335 g/mol. The number of likely N-dealkylation sites (tertiary alicyclic amines) is 1. The van der Waals surface area contributed by atoms with Crippen LogP contribution in [0.2, 0.25) is 0 Å². The van der Waals surface area contributed by atoms with Crippen molar-refractivity contribution in [2.24, 2.45) is 5.92 Å².